The van der Waals surface area contributed by atoms with Gasteiger partial charge >= 0.3 is 0 Å². The molecule has 122 valence electrons. The lowest BCUT2D eigenvalue weighted by Gasteiger charge is -2.02. The minimum Gasteiger partial charge on any atom is -0.393 e. The van der Waals surface area contributed by atoms with Crippen molar-refractivity contribution in [3.8, 4) is 0 Å². The van der Waals surface area contributed by atoms with E-state index in [1.807, 2.05) is 26.0 Å². The highest BCUT2D eigenvalue weighted by Gasteiger charge is 1.97. The van der Waals surface area contributed by atoms with Gasteiger partial charge in [0.2, 0.25) is 5.91 Å². The van der Waals surface area contributed by atoms with Crippen molar-refractivity contribution in [1.29, 1.82) is 0 Å². The second kappa shape index (κ2) is 25.9. The van der Waals surface area contributed by atoms with Crippen molar-refractivity contribution in [3.05, 3.63) is 12.2 Å². The number of carbonyl (C=O) groups is 1. The zero-order valence-corrected chi connectivity index (χ0v) is 9.12. The third-order valence-corrected chi connectivity index (χ3v) is 1.92. The van der Waals surface area contributed by atoms with Crippen LogP contribution in [0.1, 0.15) is 76.7 Å². The van der Waals surface area contributed by atoms with Crippen molar-refractivity contribution >= 4 is 5.91 Å². The first-order valence-electron chi connectivity index (χ1n) is 5.30. The van der Waals surface area contributed by atoms with Crippen LogP contribution in [0.3, 0.4) is 0 Å². The molecule has 0 saturated carbocycles. The molecule has 0 aromatic heterocycles. The summed E-state index contributed by atoms with van der Waals surface area (Å²) in [7, 11) is 0. The summed E-state index contributed by atoms with van der Waals surface area (Å²) in [6, 6.07) is 0. The van der Waals surface area contributed by atoms with E-state index in [0.717, 1.165) is 19.4 Å². The summed E-state index contributed by atoms with van der Waals surface area (Å²) >= 11 is 0. The molecule has 0 saturated heterocycles. The number of rotatable bonds is 7. The van der Waals surface area contributed by atoms with E-state index in [2.05, 4.69) is 5.32 Å². The monoisotopic (exact) mass is 279 g/mol. The maximum absolute atomic E-state index is 11.1. The Morgan fingerprint density at radius 1 is 1.11 bits per heavy atom. The van der Waals surface area contributed by atoms with Gasteiger partial charge in [-0.3, -0.25) is 4.79 Å². The summed E-state index contributed by atoms with van der Waals surface area (Å²) < 4.78 is 0. The Morgan fingerprint density at radius 3 is 2.05 bits per heavy atom. The van der Waals surface area contributed by atoms with Gasteiger partial charge in [0, 0.05) is 13.0 Å². The molecule has 0 aromatic rings. The van der Waals surface area contributed by atoms with Crippen molar-refractivity contribution in [2.24, 2.45) is 0 Å². The van der Waals surface area contributed by atoms with E-state index in [1.54, 1.807) is 0 Å². The molecular weight excluding hydrogens is 238 g/mol. The summed E-state index contributed by atoms with van der Waals surface area (Å²) in [5, 5.41) is 12.0. The van der Waals surface area contributed by atoms with Gasteiger partial charge in [-0.15, -0.1) is 0 Å². The van der Waals surface area contributed by atoms with Gasteiger partial charge in [-0.25, -0.2) is 0 Å². The van der Waals surface area contributed by atoms with Gasteiger partial charge in [0.1, 0.15) is 0 Å². The van der Waals surface area contributed by atoms with E-state index < -0.39 is 0 Å². The van der Waals surface area contributed by atoms with Crippen molar-refractivity contribution in [3.63, 3.8) is 0 Å². The standard InChI is InChI=1S/C11H21NO2.5CH4/c1-3-9-12-11(14)8-6-5-7-10(13)4-2;;;;;/h5-6,10,13H,3-4,7-9H2,1-2H3,(H,12,14);5*1H4. The van der Waals surface area contributed by atoms with E-state index in [4.69, 9.17) is 0 Å². The van der Waals surface area contributed by atoms with E-state index >= 15 is 0 Å². The van der Waals surface area contributed by atoms with E-state index in [0.29, 0.717) is 12.8 Å². The lowest BCUT2D eigenvalue weighted by atomic mass is 10.2. The van der Waals surface area contributed by atoms with Crippen LogP contribution in [0.5, 0.6) is 0 Å². The van der Waals surface area contributed by atoms with Gasteiger partial charge in [-0.05, 0) is 19.3 Å². The molecule has 1 unspecified atom stereocenters. The molecule has 19 heavy (non-hydrogen) atoms. The molecule has 3 nitrogen and oxygen atoms in total. The van der Waals surface area contributed by atoms with E-state index in [9.17, 15) is 9.90 Å². The number of hydrogen-bond acceptors (Lipinski definition) is 2. The molecule has 1 atom stereocenters. The summed E-state index contributed by atoms with van der Waals surface area (Å²) in [5.74, 6) is 0.0501. The minimum absolute atomic E-state index is 0. The molecule has 0 spiro atoms. The predicted molar refractivity (Wildman–Crippen MR) is 91.6 cm³/mol. The van der Waals surface area contributed by atoms with Crippen LogP contribution in [0, 0.1) is 0 Å². The first-order chi connectivity index (χ1) is 6.70. The number of hydrogen-bond donors (Lipinski definition) is 2. The lowest BCUT2D eigenvalue weighted by Crippen LogP contribution is -2.22. The SMILES string of the molecule is C.C.C.C.C.CCCNC(=O)CC=CCC(O)CC. The molecule has 0 aliphatic rings. The first kappa shape index (κ1) is 36.2. The zero-order valence-electron chi connectivity index (χ0n) is 9.12. The normalized spacial score (nSPS) is 9.63. The van der Waals surface area contributed by atoms with Gasteiger partial charge in [-0.1, -0.05) is 63.1 Å². The topological polar surface area (TPSA) is 49.3 Å². The third-order valence-electron chi connectivity index (χ3n) is 1.92. The molecule has 0 radical (unpaired) electrons. The largest absolute Gasteiger partial charge is 0.393 e. The summed E-state index contributed by atoms with van der Waals surface area (Å²) in [6.07, 6.45) is 6.17. The highest BCUT2D eigenvalue weighted by Crippen LogP contribution is 1.98. The van der Waals surface area contributed by atoms with E-state index in [1.165, 1.54) is 0 Å². The molecular formula is C16H41NO2. The molecule has 0 rings (SSSR count). The number of nitrogens with one attached hydrogen (secondary N) is 1. The molecule has 1 amide bonds. The quantitative estimate of drug-likeness (QED) is 0.658. The van der Waals surface area contributed by atoms with Crippen LogP contribution in [0.2, 0.25) is 0 Å². The van der Waals surface area contributed by atoms with E-state index in [-0.39, 0.29) is 49.1 Å². The molecule has 3 heteroatoms. The molecule has 0 heterocycles. The second-order valence-corrected chi connectivity index (χ2v) is 3.32. The van der Waals surface area contributed by atoms with Crippen molar-refractivity contribution in [2.75, 3.05) is 6.54 Å². The summed E-state index contributed by atoms with van der Waals surface area (Å²) in [4.78, 5) is 11.1. The van der Waals surface area contributed by atoms with Gasteiger partial charge in [0.15, 0.2) is 0 Å². The Labute approximate surface area is 123 Å². The average molecular weight is 280 g/mol. The predicted octanol–water partition coefficient (Wildman–Crippen LogP) is 4.80. The van der Waals surface area contributed by atoms with Gasteiger partial charge in [-0.2, -0.15) is 0 Å². The van der Waals surface area contributed by atoms with Crippen LogP contribution in [-0.2, 0) is 4.79 Å². The maximum atomic E-state index is 11.1. The van der Waals surface area contributed by atoms with Crippen LogP contribution in [-0.4, -0.2) is 23.7 Å². The minimum atomic E-state index is -0.273. The van der Waals surface area contributed by atoms with Gasteiger partial charge < -0.3 is 10.4 Å². The average Bonchev–Trinajstić information content (AvgIpc) is 2.21. The summed E-state index contributed by atoms with van der Waals surface area (Å²) in [6.45, 7) is 4.70. The molecule has 0 aromatic carbocycles. The molecule has 0 bridgehead atoms. The Hall–Kier alpha value is -0.830. The molecule has 0 aliphatic heterocycles. The van der Waals surface area contributed by atoms with Crippen LogP contribution in [0.25, 0.3) is 0 Å². The molecule has 0 fully saturated rings. The number of carbonyl (C=O) groups excluding carboxylic acids is 1. The fraction of sp³-hybridized carbons (Fsp3) is 0.812. The second-order valence-electron chi connectivity index (χ2n) is 3.32. The van der Waals surface area contributed by atoms with Gasteiger partial charge in [0.25, 0.3) is 0 Å². The van der Waals surface area contributed by atoms with Crippen molar-refractivity contribution < 1.29 is 9.90 Å². The highest BCUT2D eigenvalue weighted by atomic mass is 16.3. The fourth-order valence-corrected chi connectivity index (χ4v) is 0.947. The zero-order chi connectivity index (χ0) is 10.8. The van der Waals surface area contributed by atoms with Gasteiger partial charge in [0.05, 0.1) is 6.10 Å². The van der Waals surface area contributed by atoms with Crippen LogP contribution in [0.15, 0.2) is 12.2 Å². The number of amides is 1. The van der Waals surface area contributed by atoms with Crippen LogP contribution >= 0.6 is 0 Å². The number of aliphatic hydroxyl groups excluding tert-OH is 1. The Bertz CT molecular complexity index is 180. The Kier molecular flexibility index (Phi) is 49.3. The molecule has 0 aliphatic carbocycles. The van der Waals surface area contributed by atoms with Crippen LogP contribution < -0.4 is 5.32 Å². The maximum Gasteiger partial charge on any atom is 0.223 e. The summed E-state index contributed by atoms with van der Waals surface area (Å²) in [5.41, 5.74) is 0. The third kappa shape index (κ3) is 26.7. The van der Waals surface area contributed by atoms with Crippen molar-refractivity contribution in [2.45, 2.75) is 82.8 Å². The Balaban J connectivity index is -0.0000000845. The smallest absolute Gasteiger partial charge is 0.223 e. The fourth-order valence-electron chi connectivity index (χ4n) is 0.947. The van der Waals surface area contributed by atoms with Crippen LogP contribution in [0.4, 0.5) is 0 Å². The Morgan fingerprint density at radius 2 is 1.63 bits per heavy atom. The molecule has 2 N–H and O–H groups in total. The highest BCUT2D eigenvalue weighted by molar-refractivity contribution is 5.77. The number of aliphatic hydroxyl groups is 1. The first-order valence-corrected chi connectivity index (χ1v) is 5.30. The van der Waals surface area contributed by atoms with Crippen molar-refractivity contribution in [1.82, 2.24) is 5.32 Å². The lowest BCUT2D eigenvalue weighted by molar-refractivity contribution is -0.120.